The van der Waals surface area contributed by atoms with Crippen LogP contribution in [-0.2, 0) is 22.3 Å². The molecule has 3 atom stereocenters. The fourth-order valence-electron chi connectivity index (χ4n) is 6.90. The van der Waals surface area contributed by atoms with Crippen molar-refractivity contribution >= 4 is 38.5 Å². The second-order valence-corrected chi connectivity index (χ2v) is 14.0. The van der Waals surface area contributed by atoms with Crippen molar-refractivity contribution < 1.29 is 32.6 Å². The summed E-state index contributed by atoms with van der Waals surface area (Å²) in [6, 6.07) is 8.15. The molecule has 2 aliphatic carbocycles. The average molecular weight is 696 g/mol. The minimum absolute atomic E-state index is 0.00465. The predicted octanol–water partition coefficient (Wildman–Crippen LogP) is 5.16. The molecule has 7 rings (SSSR count). The number of piperazine rings is 1. The fraction of sp³-hybridized carbons (Fsp3) is 0.471. The normalized spacial score (nSPS) is 24.6. The molecule has 258 valence electrons. The maximum absolute atomic E-state index is 13.1. The first-order valence-corrected chi connectivity index (χ1v) is 17.2. The summed E-state index contributed by atoms with van der Waals surface area (Å²) in [5.74, 6) is -0.120. The Morgan fingerprint density at radius 3 is 2.57 bits per heavy atom. The van der Waals surface area contributed by atoms with Gasteiger partial charge in [0.2, 0.25) is 5.91 Å². The highest BCUT2D eigenvalue weighted by Crippen LogP contribution is 2.37. The number of nitrogens with zero attached hydrogens (tertiary/aromatic N) is 6. The Labute approximate surface area is 284 Å². The predicted molar refractivity (Wildman–Crippen MR) is 176 cm³/mol. The van der Waals surface area contributed by atoms with E-state index in [0.29, 0.717) is 43.4 Å². The average Bonchev–Trinajstić information content (AvgIpc) is 3.67. The number of aliphatic hydroxyl groups excluding tert-OH is 1. The molecule has 2 saturated carbocycles. The van der Waals surface area contributed by atoms with E-state index in [-0.39, 0.29) is 42.2 Å². The molecule has 11 nitrogen and oxygen atoms in total. The zero-order chi connectivity index (χ0) is 34.3. The van der Waals surface area contributed by atoms with Gasteiger partial charge in [0.25, 0.3) is 5.91 Å². The third-order valence-electron chi connectivity index (χ3n) is 9.72. The molecule has 2 N–H and O–H groups in total. The van der Waals surface area contributed by atoms with Crippen LogP contribution in [0.4, 0.5) is 18.3 Å². The molecule has 49 heavy (non-hydrogen) atoms. The zero-order valence-electron chi connectivity index (χ0n) is 26.8. The first-order valence-electron chi connectivity index (χ1n) is 16.4. The molecule has 15 heteroatoms. The zero-order valence-corrected chi connectivity index (χ0v) is 27.6. The number of ether oxygens (including phenoxy) is 1. The number of carbonyl (C=O) groups is 2. The standard InChI is InChI=1S/C34H36F3N7O4S/c1-19-17-43(32(47)21-7-8-38-29(14-21)34(35,36)37)9-10-44(19)24-11-22(12-24)31(46)42-33-41-25-6-5-20(13-28(25)49-33)23-15-39-30(40-16-23)18-48-27-4-2-3-26(27)45/h5-8,13-16,19,22,24,26-27,45H,2-4,9-12,17-18H2,1H3,(H,41,42,46)/t19-,22-,24+,26-,27-/m0/s1. The van der Waals surface area contributed by atoms with E-state index in [2.05, 4.69) is 30.2 Å². The molecule has 0 spiro atoms. The van der Waals surface area contributed by atoms with Gasteiger partial charge in [0.1, 0.15) is 12.3 Å². The van der Waals surface area contributed by atoms with Crippen molar-refractivity contribution in [3.63, 3.8) is 0 Å². The van der Waals surface area contributed by atoms with Crippen molar-refractivity contribution in [1.82, 2.24) is 29.7 Å². The maximum atomic E-state index is 13.1. The molecule has 3 aliphatic rings. The van der Waals surface area contributed by atoms with Crippen molar-refractivity contribution in [3.8, 4) is 11.1 Å². The van der Waals surface area contributed by atoms with Crippen LogP contribution >= 0.6 is 11.3 Å². The minimum Gasteiger partial charge on any atom is -0.390 e. The number of benzene rings is 1. The number of amides is 2. The topological polar surface area (TPSA) is 134 Å². The monoisotopic (exact) mass is 695 g/mol. The number of nitrogens with one attached hydrogen (secondary N) is 1. The lowest BCUT2D eigenvalue weighted by molar-refractivity contribution is -0.141. The first kappa shape index (κ1) is 33.4. The van der Waals surface area contributed by atoms with Gasteiger partial charge in [0, 0.05) is 67.4 Å². The van der Waals surface area contributed by atoms with Gasteiger partial charge < -0.3 is 20.1 Å². The van der Waals surface area contributed by atoms with Crippen LogP contribution < -0.4 is 5.32 Å². The van der Waals surface area contributed by atoms with Crippen molar-refractivity contribution in [2.75, 3.05) is 25.0 Å². The highest BCUT2D eigenvalue weighted by molar-refractivity contribution is 7.22. The summed E-state index contributed by atoms with van der Waals surface area (Å²) in [7, 11) is 0. The van der Waals surface area contributed by atoms with E-state index < -0.39 is 23.9 Å². The second kappa shape index (κ2) is 13.7. The summed E-state index contributed by atoms with van der Waals surface area (Å²) in [5.41, 5.74) is 1.44. The Kier molecular flexibility index (Phi) is 9.35. The van der Waals surface area contributed by atoms with Crippen molar-refractivity contribution in [1.29, 1.82) is 0 Å². The smallest absolute Gasteiger partial charge is 0.390 e. The number of aliphatic hydroxyl groups is 1. The Morgan fingerprint density at radius 2 is 1.86 bits per heavy atom. The van der Waals surface area contributed by atoms with E-state index in [1.165, 1.54) is 17.4 Å². The number of thiazole rings is 1. The van der Waals surface area contributed by atoms with Crippen molar-refractivity contribution in [2.24, 2.45) is 5.92 Å². The lowest BCUT2D eigenvalue weighted by Gasteiger charge is -2.49. The molecular weight excluding hydrogens is 659 g/mol. The van der Waals surface area contributed by atoms with Gasteiger partial charge in [-0.25, -0.2) is 15.0 Å². The SMILES string of the molecule is C[C@H]1CN(C(=O)c2ccnc(C(F)(F)F)c2)CCN1[C@H]1C[C@@H](C(=O)Nc2nc3ccc(-c4cnc(CO[C@H]5CCC[C@@H]5O)nc4)cc3s2)C1. The summed E-state index contributed by atoms with van der Waals surface area (Å²) >= 11 is 1.40. The van der Waals surface area contributed by atoms with Crippen LogP contribution in [0.1, 0.15) is 60.9 Å². The number of hydrogen-bond acceptors (Lipinski definition) is 10. The molecule has 1 saturated heterocycles. The number of aromatic nitrogens is 4. The van der Waals surface area contributed by atoms with Crippen LogP contribution in [0.5, 0.6) is 0 Å². The van der Waals surface area contributed by atoms with Crippen molar-refractivity contribution in [3.05, 3.63) is 66.0 Å². The fourth-order valence-corrected chi connectivity index (χ4v) is 7.81. The Balaban J connectivity index is 0.897. The Bertz CT molecular complexity index is 1830. The first-order chi connectivity index (χ1) is 23.5. The van der Waals surface area contributed by atoms with Gasteiger partial charge in [-0.15, -0.1) is 0 Å². The number of pyridine rings is 1. The summed E-state index contributed by atoms with van der Waals surface area (Å²) in [6.45, 7) is 3.61. The molecule has 1 aliphatic heterocycles. The van der Waals surface area contributed by atoms with Gasteiger partial charge in [-0.05, 0) is 68.9 Å². The third kappa shape index (κ3) is 7.30. The van der Waals surface area contributed by atoms with Gasteiger partial charge in [-0.3, -0.25) is 19.5 Å². The van der Waals surface area contributed by atoms with E-state index in [0.717, 1.165) is 52.9 Å². The van der Waals surface area contributed by atoms with Crippen LogP contribution in [-0.4, -0.2) is 90.6 Å². The third-order valence-corrected chi connectivity index (χ3v) is 10.7. The molecule has 3 fully saturated rings. The molecule has 4 heterocycles. The number of halogens is 3. The number of carbonyl (C=O) groups excluding carboxylic acids is 2. The largest absolute Gasteiger partial charge is 0.433 e. The summed E-state index contributed by atoms with van der Waals surface area (Å²) in [5, 5.41) is 13.5. The molecule has 0 radical (unpaired) electrons. The van der Waals surface area contributed by atoms with Gasteiger partial charge >= 0.3 is 6.18 Å². The van der Waals surface area contributed by atoms with Gasteiger partial charge in [-0.2, -0.15) is 13.2 Å². The van der Waals surface area contributed by atoms with E-state index in [1.807, 2.05) is 25.1 Å². The molecule has 0 unspecified atom stereocenters. The molecule has 2 amide bonds. The van der Waals surface area contributed by atoms with Crippen LogP contribution in [0.25, 0.3) is 21.3 Å². The van der Waals surface area contributed by atoms with Crippen LogP contribution in [0, 0.1) is 5.92 Å². The summed E-state index contributed by atoms with van der Waals surface area (Å²) < 4.78 is 46.0. The maximum Gasteiger partial charge on any atom is 0.433 e. The summed E-state index contributed by atoms with van der Waals surface area (Å²) in [4.78, 5) is 46.8. The second-order valence-electron chi connectivity index (χ2n) is 13.0. The molecule has 4 aromatic rings. The number of alkyl halides is 3. The van der Waals surface area contributed by atoms with Crippen LogP contribution in [0.3, 0.4) is 0 Å². The van der Waals surface area contributed by atoms with Gasteiger partial charge in [0.15, 0.2) is 11.0 Å². The van der Waals surface area contributed by atoms with E-state index >= 15 is 0 Å². The van der Waals surface area contributed by atoms with E-state index in [9.17, 15) is 27.9 Å². The highest BCUT2D eigenvalue weighted by atomic mass is 32.1. The Morgan fingerprint density at radius 1 is 1.06 bits per heavy atom. The Hall–Kier alpha value is -4.05. The summed E-state index contributed by atoms with van der Waals surface area (Å²) in [6.07, 6.45) is 3.24. The van der Waals surface area contributed by atoms with Crippen molar-refractivity contribution in [2.45, 2.75) is 76.1 Å². The molecular formula is C34H36F3N7O4S. The number of fused-ring (bicyclic) bond motifs is 1. The van der Waals surface area contributed by atoms with Gasteiger partial charge in [-0.1, -0.05) is 17.4 Å². The number of anilines is 1. The van der Waals surface area contributed by atoms with Gasteiger partial charge in [0.05, 0.1) is 22.4 Å². The number of hydrogen-bond donors (Lipinski definition) is 2. The van der Waals surface area contributed by atoms with E-state index in [1.54, 1.807) is 17.3 Å². The van der Waals surface area contributed by atoms with Crippen LogP contribution in [0.15, 0.2) is 48.9 Å². The molecule has 3 aromatic heterocycles. The minimum atomic E-state index is -4.62. The number of rotatable bonds is 8. The lowest BCUT2D eigenvalue weighted by Crippen LogP contribution is -2.60. The molecule has 1 aromatic carbocycles. The molecule has 0 bridgehead atoms. The van der Waals surface area contributed by atoms with Crippen LogP contribution in [0.2, 0.25) is 0 Å². The highest BCUT2D eigenvalue weighted by Gasteiger charge is 2.42. The quantitative estimate of drug-likeness (QED) is 0.257. The van der Waals surface area contributed by atoms with E-state index in [4.69, 9.17) is 4.74 Å². The lowest BCUT2D eigenvalue weighted by atomic mass is 9.78.